The summed E-state index contributed by atoms with van der Waals surface area (Å²) in [6.07, 6.45) is -0.0687. The first-order valence-electron chi connectivity index (χ1n) is 5.99. The molecule has 0 radical (unpaired) electrons. The molecule has 1 heterocycles. The van der Waals surface area contributed by atoms with Gasteiger partial charge in [-0.1, -0.05) is 18.2 Å². The summed E-state index contributed by atoms with van der Waals surface area (Å²) in [5.41, 5.74) is 3.20. The normalized spacial score (nSPS) is 17.6. The molecule has 0 amide bonds. The lowest BCUT2D eigenvalue weighted by molar-refractivity contribution is 0.210. The highest BCUT2D eigenvalue weighted by Gasteiger charge is 2.20. The second-order valence-corrected chi connectivity index (χ2v) is 4.54. The molecule has 0 bridgehead atoms. The van der Waals surface area contributed by atoms with Gasteiger partial charge in [0.05, 0.1) is 12.2 Å². The lowest BCUT2D eigenvalue weighted by Crippen LogP contribution is -2.23. The molecule has 0 fully saturated rings. The Morgan fingerprint density at radius 1 is 1.17 bits per heavy atom. The van der Waals surface area contributed by atoms with Gasteiger partial charge in [0.1, 0.15) is 17.7 Å². The van der Waals surface area contributed by atoms with E-state index >= 15 is 0 Å². The minimum absolute atomic E-state index is 0.0687. The lowest BCUT2D eigenvalue weighted by Gasteiger charge is -2.28. The van der Waals surface area contributed by atoms with E-state index < -0.39 is 0 Å². The fourth-order valence-electron chi connectivity index (χ4n) is 2.15. The van der Waals surface area contributed by atoms with Crippen molar-refractivity contribution < 1.29 is 9.13 Å². The second-order valence-electron chi connectivity index (χ2n) is 4.54. The van der Waals surface area contributed by atoms with Crippen molar-refractivity contribution in [1.29, 1.82) is 0 Å². The average Bonchev–Trinajstić information content (AvgIpc) is 2.39. The van der Waals surface area contributed by atoms with Crippen molar-refractivity contribution in [1.82, 2.24) is 0 Å². The van der Waals surface area contributed by atoms with Gasteiger partial charge in [-0.2, -0.15) is 0 Å². The summed E-state index contributed by atoms with van der Waals surface area (Å²) in [6, 6.07) is 12.5. The quantitative estimate of drug-likeness (QED) is 0.825. The zero-order chi connectivity index (χ0) is 12.5. The predicted octanol–water partition coefficient (Wildman–Crippen LogP) is 3.68. The molecule has 1 aliphatic rings. The highest BCUT2D eigenvalue weighted by Crippen LogP contribution is 2.34. The molecule has 1 N–H and O–H groups in total. The number of anilines is 1. The monoisotopic (exact) mass is 243 g/mol. The van der Waals surface area contributed by atoms with E-state index in [1.54, 1.807) is 12.1 Å². The Kier molecular flexibility index (Phi) is 2.67. The fraction of sp³-hybridized carbons (Fsp3) is 0.200. The lowest BCUT2D eigenvalue weighted by atomic mass is 10.1. The highest BCUT2D eigenvalue weighted by molar-refractivity contribution is 5.59. The zero-order valence-electron chi connectivity index (χ0n) is 10.1. The van der Waals surface area contributed by atoms with E-state index in [2.05, 4.69) is 11.4 Å². The van der Waals surface area contributed by atoms with E-state index in [1.807, 2.05) is 19.1 Å². The number of aryl methyl sites for hydroxylation is 1. The molecule has 92 valence electrons. The van der Waals surface area contributed by atoms with Crippen molar-refractivity contribution >= 4 is 5.69 Å². The number of nitrogens with one attached hydrogen (secondary N) is 1. The van der Waals surface area contributed by atoms with Gasteiger partial charge in [-0.15, -0.1) is 0 Å². The van der Waals surface area contributed by atoms with Crippen LogP contribution in [0.25, 0.3) is 0 Å². The maximum atomic E-state index is 12.9. The van der Waals surface area contributed by atoms with Crippen LogP contribution in [0.4, 0.5) is 10.1 Å². The van der Waals surface area contributed by atoms with Crippen LogP contribution in [0.2, 0.25) is 0 Å². The van der Waals surface area contributed by atoms with Crippen LogP contribution in [0.5, 0.6) is 5.75 Å². The number of rotatable bonds is 1. The van der Waals surface area contributed by atoms with E-state index in [0.717, 1.165) is 17.0 Å². The molecule has 0 saturated carbocycles. The van der Waals surface area contributed by atoms with Gasteiger partial charge in [-0.25, -0.2) is 4.39 Å². The first kappa shape index (κ1) is 11.1. The number of halogens is 1. The summed E-state index contributed by atoms with van der Waals surface area (Å²) in [7, 11) is 0. The van der Waals surface area contributed by atoms with Crippen LogP contribution in [0.15, 0.2) is 42.5 Å². The molecule has 1 unspecified atom stereocenters. The molecule has 3 heteroatoms. The number of hydrogen-bond donors (Lipinski definition) is 1. The van der Waals surface area contributed by atoms with Crippen molar-refractivity contribution in [2.75, 3.05) is 11.9 Å². The fourth-order valence-corrected chi connectivity index (χ4v) is 2.15. The van der Waals surface area contributed by atoms with Crippen molar-refractivity contribution in [2.45, 2.75) is 13.0 Å². The molecular formula is C15H14FNO. The topological polar surface area (TPSA) is 21.3 Å². The molecule has 2 aromatic carbocycles. The van der Waals surface area contributed by atoms with Gasteiger partial charge in [0.25, 0.3) is 0 Å². The van der Waals surface area contributed by atoms with Gasteiger partial charge >= 0.3 is 0 Å². The minimum Gasteiger partial charge on any atom is -0.482 e. The number of ether oxygens (including phenoxy) is 1. The summed E-state index contributed by atoms with van der Waals surface area (Å²) >= 11 is 0. The van der Waals surface area contributed by atoms with E-state index in [9.17, 15) is 4.39 Å². The standard InChI is InChI=1S/C15H14FNO/c1-10-2-7-14-13(8-10)17-9-15(18-14)11-3-5-12(16)6-4-11/h2-8,15,17H,9H2,1H3. The Bertz CT molecular complexity index is 565. The van der Waals surface area contributed by atoms with Crippen molar-refractivity contribution in [2.24, 2.45) is 0 Å². The van der Waals surface area contributed by atoms with Crippen LogP contribution in [0.1, 0.15) is 17.2 Å². The summed E-state index contributed by atoms with van der Waals surface area (Å²) in [5, 5.41) is 3.35. The van der Waals surface area contributed by atoms with Crippen molar-refractivity contribution in [3.63, 3.8) is 0 Å². The first-order valence-corrected chi connectivity index (χ1v) is 5.99. The molecule has 0 aromatic heterocycles. The van der Waals surface area contributed by atoms with Crippen LogP contribution < -0.4 is 10.1 Å². The second kappa shape index (κ2) is 4.33. The predicted molar refractivity (Wildman–Crippen MR) is 69.4 cm³/mol. The van der Waals surface area contributed by atoms with Crippen LogP contribution in [-0.2, 0) is 0 Å². The Morgan fingerprint density at radius 2 is 1.94 bits per heavy atom. The van der Waals surface area contributed by atoms with Gasteiger partial charge in [-0.3, -0.25) is 0 Å². The Morgan fingerprint density at radius 3 is 2.72 bits per heavy atom. The van der Waals surface area contributed by atoms with Crippen LogP contribution >= 0.6 is 0 Å². The third-order valence-electron chi connectivity index (χ3n) is 3.12. The maximum absolute atomic E-state index is 12.9. The van der Waals surface area contributed by atoms with Crippen molar-refractivity contribution in [3.05, 3.63) is 59.4 Å². The Labute approximate surface area is 105 Å². The summed E-state index contributed by atoms with van der Waals surface area (Å²) in [6.45, 7) is 2.75. The largest absolute Gasteiger partial charge is 0.482 e. The average molecular weight is 243 g/mol. The first-order chi connectivity index (χ1) is 8.72. The molecule has 0 spiro atoms. The maximum Gasteiger partial charge on any atom is 0.143 e. The van der Waals surface area contributed by atoms with Gasteiger partial charge in [0, 0.05) is 0 Å². The van der Waals surface area contributed by atoms with E-state index in [-0.39, 0.29) is 11.9 Å². The smallest absolute Gasteiger partial charge is 0.143 e. The number of hydrogen-bond acceptors (Lipinski definition) is 2. The summed E-state index contributed by atoms with van der Waals surface area (Å²) in [5.74, 6) is 0.625. The van der Waals surface area contributed by atoms with Gasteiger partial charge in [0.15, 0.2) is 0 Å². The molecule has 18 heavy (non-hydrogen) atoms. The number of fused-ring (bicyclic) bond motifs is 1. The zero-order valence-corrected chi connectivity index (χ0v) is 10.1. The highest BCUT2D eigenvalue weighted by atomic mass is 19.1. The molecule has 2 aromatic rings. The Hall–Kier alpha value is -2.03. The molecule has 0 aliphatic carbocycles. The van der Waals surface area contributed by atoms with Gasteiger partial charge < -0.3 is 10.1 Å². The summed E-state index contributed by atoms with van der Waals surface area (Å²) < 4.78 is 18.8. The van der Waals surface area contributed by atoms with E-state index in [1.165, 1.54) is 17.7 Å². The number of benzene rings is 2. The Balaban J connectivity index is 1.86. The van der Waals surface area contributed by atoms with Crippen LogP contribution in [0.3, 0.4) is 0 Å². The van der Waals surface area contributed by atoms with E-state index in [4.69, 9.17) is 4.74 Å². The molecule has 3 rings (SSSR count). The molecule has 1 atom stereocenters. The summed E-state index contributed by atoms with van der Waals surface area (Å²) in [4.78, 5) is 0. The third kappa shape index (κ3) is 2.04. The SMILES string of the molecule is Cc1ccc2c(c1)NCC(c1ccc(F)cc1)O2. The van der Waals surface area contributed by atoms with Crippen molar-refractivity contribution in [3.8, 4) is 5.75 Å². The molecule has 0 saturated heterocycles. The minimum atomic E-state index is -0.224. The van der Waals surface area contributed by atoms with Crippen LogP contribution in [0, 0.1) is 12.7 Å². The third-order valence-corrected chi connectivity index (χ3v) is 3.12. The molecule has 1 aliphatic heterocycles. The molecular weight excluding hydrogens is 229 g/mol. The van der Waals surface area contributed by atoms with Gasteiger partial charge in [-0.05, 0) is 42.3 Å². The van der Waals surface area contributed by atoms with E-state index in [0.29, 0.717) is 6.54 Å². The van der Waals surface area contributed by atoms with Crippen LogP contribution in [-0.4, -0.2) is 6.54 Å². The van der Waals surface area contributed by atoms with Gasteiger partial charge in [0.2, 0.25) is 0 Å². The molecule has 2 nitrogen and oxygen atoms in total.